The molecule has 6 rings (SSSR count). The number of urea groups is 1. The molecule has 2 N–H and O–H groups in total. The second-order valence-corrected chi connectivity index (χ2v) is 11.5. The number of aromatic nitrogens is 4. The van der Waals surface area contributed by atoms with Crippen LogP contribution in [0.5, 0.6) is 0 Å². The summed E-state index contributed by atoms with van der Waals surface area (Å²) >= 11 is 0. The number of rotatable bonds is 8. The van der Waals surface area contributed by atoms with E-state index >= 15 is 0 Å². The fourth-order valence-corrected chi connectivity index (χ4v) is 6.03. The summed E-state index contributed by atoms with van der Waals surface area (Å²) in [5, 5.41) is 15.4. The summed E-state index contributed by atoms with van der Waals surface area (Å²) in [7, 11) is 3.91. The Morgan fingerprint density at radius 1 is 1.22 bits per heavy atom. The van der Waals surface area contributed by atoms with Gasteiger partial charge < -0.3 is 24.5 Å². The van der Waals surface area contributed by atoms with Gasteiger partial charge in [0.15, 0.2) is 5.82 Å². The number of hydrogen-bond donors (Lipinski definition) is 2. The predicted molar refractivity (Wildman–Crippen MR) is 158 cm³/mol. The number of nitrogens with zero attached hydrogens (tertiary/aromatic N) is 6. The number of aryl methyl sites for hydroxylation is 1. The molecule has 11 nitrogen and oxygen atoms in total. The van der Waals surface area contributed by atoms with Crippen LogP contribution >= 0.6 is 0 Å². The number of nitrogens with one attached hydrogen (secondary N) is 2. The van der Waals surface area contributed by atoms with E-state index in [4.69, 9.17) is 4.52 Å². The van der Waals surface area contributed by atoms with Crippen LogP contribution in [0.1, 0.15) is 56.4 Å². The molecule has 218 valence electrons. The number of hydrogen-bond acceptors (Lipinski definition) is 7. The summed E-state index contributed by atoms with van der Waals surface area (Å²) in [6.45, 7) is 4.42. The Morgan fingerprint density at radius 3 is 2.83 bits per heavy atom. The summed E-state index contributed by atoms with van der Waals surface area (Å²) in [5.74, 6) is 0.900. The fraction of sp³-hybridized carbons (Fsp3) is 0.433. The Hall–Kier alpha value is -4.25. The van der Waals surface area contributed by atoms with Gasteiger partial charge >= 0.3 is 6.03 Å². The number of benzene rings is 2. The molecule has 0 aliphatic carbocycles. The first kappa shape index (κ1) is 26.9. The van der Waals surface area contributed by atoms with Crippen molar-refractivity contribution in [2.45, 2.75) is 57.7 Å². The topological polar surface area (TPSA) is 123 Å². The highest BCUT2D eigenvalue weighted by Crippen LogP contribution is 2.30. The molecular weight excluding hydrogens is 520 g/mol. The first-order valence-corrected chi connectivity index (χ1v) is 14.2. The minimum Gasteiger partial charge on any atom is -0.343 e. The highest BCUT2D eigenvalue weighted by molar-refractivity contribution is 5.92. The second-order valence-electron chi connectivity index (χ2n) is 11.5. The molecule has 11 heteroatoms. The smallest absolute Gasteiger partial charge is 0.322 e. The molecular formula is C30H40N8O3. The molecule has 4 aromatic rings. The summed E-state index contributed by atoms with van der Waals surface area (Å²) in [5.41, 5.74) is 5.21. The van der Waals surface area contributed by atoms with Crippen LogP contribution in [-0.4, -0.2) is 80.2 Å². The van der Waals surface area contributed by atoms with Crippen molar-refractivity contribution in [3.63, 3.8) is 0 Å². The number of H-pyrrole nitrogens is 1. The van der Waals surface area contributed by atoms with Gasteiger partial charge in [0.25, 0.3) is 0 Å². The number of fused-ring (bicyclic) bond motifs is 2. The van der Waals surface area contributed by atoms with Crippen LogP contribution in [0.3, 0.4) is 0 Å². The van der Waals surface area contributed by atoms with Gasteiger partial charge in [-0.25, -0.2) is 4.79 Å². The number of para-hydroxylation sites is 1. The lowest BCUT2D eigenvalue weighted by Crippen LogP contribution is -2.51. The molecule has 2 aromatic carbocycles. The molecule has 2 aromatic heterocycles. The normalized spacial score (nSPS) is 16.7. The van der Waals surface area contributed by atoms with E-state index in [0.717, 1.165) is 46.1 Å². The molecule has 1 fully saturated rings. The highest BCUT2D eigenvalue weighted by atomic mass is 16.5. The van der Waals surface area contributed by atoms with Crippen molar-refractivity contribution in [2.24, 2.45) is 0 Å². The van der Waals surface area contributed by atoms with Crippen molar-refractivity contribution in [3.05, 3.63) is 71.0 Å². The third kappa shape index (κ3) is 5.81. The standard InChI is InChI=1S/C30H36N8O3.2H2/c1-19-12-20(14-23-16-31-34-28(19)23)13-22(29-33-26(35-41-29)18-36(2)3)15-27(39)37-10-8-24(9-11-37)38-17-21-6-4-5-7-25(21)32-30(38)40;;/h4-7,12,14,16,22,24H,8-11,13,15,17-18H2,1-3H3,(H,31,34)(H,32,40);2*1H. The Labute approximate surface area is 241 Å². The van der Waals surface area contributed by atoms with Gasteiger partial charge in [-0.2, -0.15) is 10.1 Å². The van der Waals surface area contributed by atoms with E-state index < -0.39 is 0 Å². The average molecular weight is 561 g/mol. The van der Waals surface area contributed by atoms with Gasteiger partial charge in [-0.15, -0.1) is 0 Å². The van der Waals surface area contributed by atoms with Crippen molar-refractivity contribution >= 4 is 28.5 Å². The molecule has 1 unspecified atom stereocenters. The Balaban J connectivity index is 0.00000212. The summed E-state index contributed by atoms with van der Waals surface area (Å²) in [6.07, 6.45) is 4.18. The van der Waals surface area contributed by atoms with Gasteiger partial charge in [0.2, 0.25) is 11.8 Å². The monoisotopic (exact) mass is 560 g/mol. The number of likely N-dealkylation sites (tertiary alicyclic amines) is 1. The molecule has 0 bridgehead atoms. The first-order chi connectivity index (χ1) is 19.8. The lowest BCUT2D eigenvalue weighted by molar-refractivity contribution is -0.133. The molecule has 0 saturated carbocycles. The third-order valence-electron chi connectivity index (χ3n) is 8.12. The van der Waals surface area contributed by atoms with Crippen LogP contribution in [0.25, 0.3) is 10.9 Å². The lowest BCUT2D eigenvalue weighted by atomic mass is 9.93. The number of anilines is 1. The van der Waals surface area contributed by atoms with Crippen LogP contribution in [0.4, 0.5) is 10.5 Å². The van der Waals surface area contributed by atoms with E-state index in [2.05, 4.69) is 44.7 Å². The van der Waals surface area contributed by atoms with E-state index in [0.29, 0.717) is 44.3 Å². The van der Waals surface area contributed by atoms with Crippen molar-refractivity contribution in [3.8, 4) is 0 Å². The zero-order valence-electron chi connectivity index (χ0n) is 23.8. The van der Waals surface area contributed by atoms with Crippen LogP contribution in [-0.2, 0) is 24.3 Å². The quantitative estimate of drug-likeness (QED) is 0.324. The van der Waals surface area contributed by atoms with Crippen LogP contribution in [0.2, 0.25) is 0 Å². The van der Waals surface area contributed by atoms with Gasteiger partial charge in [-0.3, -0.25) is 9.89 Å². The molecule has 0 radical (unpaired) electrons. The molecule has 41 heavy (non-hydrogen) atoms. The van der Waals surface area contributed by atoms with E-state index in [1.54, 1.807) is 0 Å². The molecule has 1 atom stereocenters. The molecule has 2 aliphatic rings. The fourth-order valence-electron chi connectivity index (χ4n) is 6.03. The number of carbonyl (C=O) groups is 2. The molecule has 1 saturated heterocycles. The van der Waals surface area contributed by atoms with Gasteiger partial charge in [0.1, 0.15) is 0 Å². The van der Waals surface area contributed by atoms with Gasteiger partial charge in [0.05, 0.1) is 24.2 Å². The maximum Gasteiger partial charge on any atom is 0.322 e. The Morgan fingerprint density at radius 2 is 2.02 bits per heavy atom. The zero-order valence-corrected chi connectivity index (χ0v) is 23.8. The molecule has 2 aliphatic heterocycles. The number of piperidine rings is 1. The zero-order chi connectivity index (χ0) is 28.5. The first-order valence-electron chi connectivity index (χ1n) is 14.2. The molecule has 3 amide bonds. The average Bonchev–Trinajstić information content (AvgIpc) is 3.62. The lowest BCUT2D eigenvalue weighted by Gasteiger charge is -2.40. The minimum atomic E-state index is -0.253. The van der Waals surface area contributed by atoms with E-state index in [9.17, 15) is 9.59 Å². The van der Waals surface area contributed by atoms with E-state index in [1.165, 1.54) is 0 Å². The van der Waals surface area contributed by atoms with Crippen LogP contribution in [0.15, 0.2) is 47.1 Å². The van der Waals surface area contributed by atoms with Crippen molar-refractivity contribution in [1.82, 2.24) is 35.0 Å². The third-order valence-corrected chi connectivity index (χ3v) is 8.12. The highest BCUT2D eigenvalue weighted by Gasteiger charge is 2.34. The second kappa shape index (κ2) is 11.3. The minimum absolute atomic E-state index is 0. The van der Waals surface area contributed by atoms with E-state index in [1.807, 2.05) is 59.3 Å². The SMILES string of the molecule is Cc1cc(CC(CC(=O)N2CCC(N3Cc4ccccc4NC3=O)CC2)c2nc(CN(C)C)no2)cc2cn[nH]c12.[HH].[HH]. The molecule has 0 spiro atoms. The number of aromatic amines is 1. The largest absolute Gasteiger partial charge is 0.343 e. The Bertz CT molecular complexity index is 1560. The Kier molecular flexibility index (Phi) is 7.44. The predicted octanol–water partition coefficient (Wildman–Crippen LogP) is 4.56. The summed E-state index contributed by atoms with van der Waals surface area (Å²) in [4.78, 5) is 36.9. The number of amides is 3. The van der Waals surface area contributed by atoms with Gasteiger partial charge in [-0.1, -0.05) is 29.4 Å². The maximum atomic E-state index is 13.6. The van der Waals surface area contributed by atoms with Gasteiger partial charge in [-0.05, 0) is 69.1 Å². The number of carbonyl (C=O) groups excluding carboxylic acids is 2. The van der Waals surface area contributed by atoms with Crippen LogP contribution < -0.4 is 5.32 Å². The summed E-state index contributed by atoms with van der Waals surface area (Å²) in [6, 6.07) is 12.2. The van der Waals surface area contributed by atoms with Crippen molar-refractivity contribution < 1.29 is 17.0 Å². The summed E-state index contributed by atoms with van der Waals surface area (Å²) < 4.78 is 5.70. The molecule has 4 heterocycles. The van der Waals surface area contributed by atoms with Crippen LogP contribution in [0, 0.1) is 6.92 Å². The van der Waals surface area contributed by atoms with Crippen molar-refractivity contribution in [1.29, 1.82) is 0 Å². The van der Waals surface area contributed by atoms with Crippen molar-refractivity contribution in [2.75, 3.05) is 32.5 Å². The van der Waals surface area contributed by atoms with E-state index in [-0.39, 0.29) is 33.2 Å². The maximum absolute atomic E-state index is 13.6. The van der Waals surface area contributed by atoms with Gasteiger partial charge in [0, 0.05) is 46.0 Å².